The summed E-state index contributed by atoms with van der Waals surface area (Å²) in [5.41, 5.74) is 1.05. The van der Waals surface area contributed by atoms with Crippen LogP contribution in [0.4, 0.5) is 14.5 Å². The molecular weight excluding hydrogens is 366 g/mol. The van der Waals surface area contributed by atoms with E-state index in [-0.39, 0.29) is 30.1 Å². The second-order valence-corrected chi connectivity index (χ2v) is 7.14. The van der Waals surface area contributed by atoms with E-state index in [1.807, 2.05) is 28.1 Å². The third kappa shape index (κ3) is 2.67. The fourth-order valence-electron chi connectivity index (χ4n) is 4.20. The summed E-state index contributed by atoms with van der Waals surface area (Å²) in [6, 6.07) is 11.2. The maximum absolute atomic E-state index is 14.1. The predicted molar refractivity (Wildman–Crippen MR) is 98.9 cm³/mol. The molecule has 1 amide bonds. The Morgan fingerprint density at radius 1 is 1.18 bits per heavy atom. The number of hydrazone groups is 1. The zero-order chi connectivity index (χ0) is 19.3. The number of hydrogen-bond acceptors (Lipinski definition) is 5. The summed E-state index contributed by atoms with van der Waals surface area (Å²) in [6.07, 6.45) is 2.43. The number of halogens is 2. The Hall–Kier alpha value is -3.16. The molecule has 8 heteroatoms. The molecule has 3 aliphatic rings. The summed E-state index contributed by atoms with van der Waals surface area (Å²) in [5.74, 6) is -1.85. The quantitative estimate of drug-likeness (QED) is 0.865. The van der Waals surface area contributed by atoms with E-state index in [9.17, 15) is 13.6 Å². The number of nitrogens with one attached hydrogen (secondary N) is 1. The predicted octanol–water partition coefficient (Wildman–Crippen LogP) is 2.74. The summed E-state index contributed by atoms with van der Waals surface area (Å²) in [6.45, 7) is 0.756. The van der Waals surface area contributed by atoms with Crippen molar-refractivity contribution in [3.63, 3.8) is 0 Å². The number of carbonyl (C=O) groups is 1. The molecule has 2 aromatic carbocycles. The molecule has 0 saturated carbocycles. The lowest BCUT2D eigenvalue weighted by Gasteiger charge is -2.34. The monoisotopic (exact) mass is 384 g/mol. The lowest BCUT2D eigenvalue weighted by atomic mass is 9.94. The average molecular weight is 384 g/mol. The van der Waals surface area contributed by atoms with E-state index in [0.29, 0.717) is 0 Å². The Labute approximate surface area is 160 Å². The molecule has 6 nitrogen and oxygen atoms in total. The Balaban J connectivity index is 1.44. The molecule has 3 aliphatic heterocycles. The molecule has 144 valence electrons. The average Bonchev–Trinajstić information content (AvgIpc) is 3.23. The first-order chi connectivity index (χ1) is 13.6. The van der Waals surface area contributed by atoms with Crippen LogP contribution in [0.5, 0.6) is 5.75 Å². The molecular formula is C20H18F2N4O2. The summed E-state index contributed by atoms with van der Waals surface area (Å²) in [5, 5.41) is 8.95. The van der Waals surface area contributed by atoms with Gasteiger partial charge in [0.1, 0.15) is 42.4 Å². The molecule has 1 unspecified atom stereocenters. The van der Waals surface area contributed by atoms with Crippen LogP contribution < -0.4 is 10.1 Å². The number of fused-ring (bicyclic) bond motifs is 2. The molecule has 0 aliphatic carbocycles. The van der Waals surface area contributed by atoms with E-state index in [2.05, 4.69) is 22.6 Å². The van der Waals surface area contributed by atoms with Gasteiger partial charge in [0, 0.05) is 24.6 Å². The van der Waals surface area contributed by atoms with Gasteiger partial charge in [0.25, 0.3) is 5.91 Å². The van der Waals surface area contributed by atoms with Crippen molar-refractivity contribution in [2.45, 2.75) is 24.5 Å². The SMILES string of the molecule is O=C1Nc2c(F)cc(F)cc2OC[C@@H]1N1C=NN2CC[C@H](c3ccccc3)C21. The van der Waals surface area contributed by atoms with Crippen LogP contribution in [0.1, 0.15) is 17.9 Å². The van der Waals surface area contributed by atoms with Crippen LogP contribution in [-0.4, -0.2) is 47.5 Å². The Morgan fingerprint density at radius 2 is 2.00 bits per heavy atom. The number of ether oxygens (including phenoxy) is 1. The van der Waals surface area contributed by atoms with Crippen LogP contribution >= 0.6 is 0 Å². The Kier molecular flexibility index (Phi) is 3.92. The first-order valence-electron chi connectivity index (χ1n) is 9.17. The number of anilines is 1. The van der Waals surface area contributed by atoms with Crippen molar-refractivity contribution in [2.75, 3.05) is 18.5 Å². The van der Waals surface area contributed by atoms with E-state index in [1.165, 1.54) is 5.56 Å². The Bertz CT molecular complexity index is 953. The summed E-state index contributed by atoms with van der Waals surface area (Å²) >= 11 is 0. The number of carbonyl (C=O) groups excluding carboxylic acids is 1. The molecule has 0 spiro atoms. The standard InChI is InChI=1S/C20H18F2N4O2/c21-13-8-15(22)18-17(9-13)28-10-16(19(27)24-18)25-11-23-26-7-6-14(20(25)26)12-4-2-1-3-5-12/h1-5,8-9,11,14,16,20H,6-7,10H2,(H,24,27)/t14-,16+,20?/m1/s1. The third-order valence-electron chi connectivity index (χ3n) is 5.53. The van der Waals surface area contributed by atoms with E-state index in [0.717, 1.165) is 25.1 Å². The van der Waals surface area contributed by atoms with Crippen LogP contribution in [0.15, 0.2) is 47.6 Å². The van der Waals surface area contributed by atoms with Crippen molar-refractivity contribution < 1.29 is 18.3 Å². The molecule has 1 N–H and O–H groups in total. The molecule has 1 fully saturated rings. The first-order valence-corrected chi connectivity index (χ1v) is 9.17. The highest BCUT2D eigenvalue weighted by atomic mass is 19.1. The van der Waals surface area contributed by atoms with Crippen molar-refractivity contribution in [1.82, 2.24) is 9.91 Å². The van der Waals surface area contributed by atoms with Gasteiger partial charge in [-0.25, -0.2) is 8.78 Å². The van der Waals surface area contributed by atoms with Gasteiger partial charge >= 0.3 is 0 Å². The van der Waals surface area contributed by atoms with Gasteiger partial charge in [-0.1, -0.05) is 30.3 Å². The highest BCUT2D eigenvalue weighted by molar-refractivity contribution is 5.98. The smallest absolute Gasteiger partial charge is 0.250 e. The largest absolute Gasteiger partial charge is 0.488 e. The van der Waals surface area contributed by atoms with Gasteiger partial charge in [-0.15, -0.1) is 0 Å². The molecule has 0 bridgehead atoms. The van der Waals surface area contributed by atoms with Gasteiger partial charge in [-0.2, -0.15) is 5.10 Å². The van der Waals surface area contributed by atoms with Crippen LogP contribution in [0, 0.1) is 11.6 Å². The number of nitrogens with zero attached hydrogens (tertiary/aromatic N) is 3. The number of rotatable bonds is 2. The summed E-state index contributed by atoms with van der Waals surface area (Å²) < 4.78 is 33.2. The van der Waals surface area contributed by atoms with Crippen LogP contribution in [-0.2, 0) is 4.79 Å². The molecule has 3 atom stereocenters. The van der Waals surface area contributed by atoms with E-state index < -0.39 is 23.6 Å². The van der Waals surface area contributed by atoms with Crippen molar-refractivity contribution in [3.8, 4) is 5.75 Å². The topological polar surface area (TPSA) is 57.2 Å². The minimum absolute atomic E-state index is 0.00706. The highest BCUT2D eigenvalue weighted by Gasteiger charge is 2.46. The van der Waals surface area contributed by atoms with Crippen LogP contribution in [0.25, 0.3) is 0 Å². The normalized spacial score (nSPS) is 25.8. The Morgan fingerprint density at radius 3 is 2.82 bits per heavy atom. The number of amides is 1. The summed E-state index contributed by atoms with van der Waals surface area (Å²) in [7, 11) is 0. The second-order valence-electron chi connectivity index (χ2n) is 7.14. The number of hydrogen-bond donors (Lipinski definition) is 1. The zero-order valence-electron chi connectivity index (χ0n) is 14.9. The highest BCUT2D eigenvalue weighted by Crippen LogP contribution is 2.39. The lowest BCUT2D eigenvalue weighted by molar-refractivity contribution is -0.121. The van der Waals surface area contributed by atoms with E-state index >= 15 is 0 Å². The molecule has 28 heavy (non-hydrogen) atoms. The minimum atomic E-state index is -0.858. The first kappa shape index (κ1) is 17.0. The van der Waals surface area contributed by atoms with Crippen molar-refractivity contribution in [3.05, 3.63) is 59.7 Å². The fourth-order valence-corrected chi connectivity index (χ4v) is 4.20. The van der Waals surface area contributed by atoms with E-state index in [4.69, 9.17) is 4.74 Å². The number of benzene rings is 2. The maximum Gasteiger partial charge on any atom is 0.250 e. The van der Waals surface area contributed by atoms with Crippen molar-refractivity contribution >= 4 is 17.9 Å². The van der Waals surface area contributed by atoms with E-state index in [1.54, 1.807) is 6.34 Å². The van der Waals surface area contributed by atoms with Gasteiger partial charge < -0.3 is 15.0 Å². The molecule has 0 radical (unpaired) electrons. The van der Waals surface area contributed by atoms with Gasteiger partial charge in [-0.05, 0) is 12.0 Å². The molecule has 1 saturated heterocycles. The molecule has 5 rings (SSSR count). The zero-order valence-corrected chi connectivity index (χ0v) is 14.9. The molecule has 3 heterocycles. The van der Waals surface area contributed by atoms with Gasteiger partial charge in [0.05, 0.1) is 0 Å². The van der Waals surface area contributed by atoms with Gasteiger partial charge in [0.15, 0.2) is 5.82 Å². The van der Waals surface area contributed by atoms with Crippen LogP contribution in [0.2, 0.25) is 0 Å². The minimum Gasteiger partial charge on any atom is -0.488 e. The van der Waals surface area contributed by atoms with Crippen LogP contribution in [0.3, 0.4) is 0 Å². The van der Waals surface area contributed by atoms with Crippen molar-refractivity contribution in [2.24, 2.45) is 5.10 Å². The summed E-state index contributed by atoms with van der Waals surface area (Å²) in [4.78, 5) is 14.7. The van der Waals surface area contributed by atoms with Gasteiger partial charge in [-0.3, -0.25) is 9.80 Å². The lowest BCUT2D eigenvalue weighted by Crippen LogP contribution is -2.52. The van der Waals surface area contributed by atoms with Gasteiger partial charge in [0.2, 0.25) is 0 Å². The molecule has 0 aromatic heterocycles. The van der Waals surface area contributed by atoms with Crippen molar-refractivity contribution in [1.29, 1.82) is 0 Å². The second kappa shape index (κ2) is 6.47. The fraction of sp³-hybridized carbons (Fsp3) is 0.300. The molecule has 2 aromatic rings. The third-order valence-corrected chi connectivity index (χ3v) is 5.53. The maximum atomic E-state index is 14.1.